The predicted molar refractivity (Wildman–Crippen MR) is 121 cm³/mol. The number of carbonyl (C=O) groups excluding carboxylic acids is 1. The van der Waals surface area contributed by atoms with Gasteiger partial charge in [-0.05, 0) is 53.9 Å². The first-order chi connectivity index (χ1) is 14.3. The summed E-state index contributed by atoms with van der Waals surface area (Å²) in [4.78, 5) is 20.2. The maximum atomic E-state index is 13.3. The molecule has 4 rings (SSSR count). The number of rotatable bonds is 5. The summed E-state index contributed by atoms with van der Waals surface area (Å²) in [5.74, 6) is 0.659. The summed E-state index contributed by atoms with van der Waals surface area (Å²) in [6, 6.07) is 15.1. The van der Waals surface area contributed by atoms with Crippen molar-refractivity contribution in [2.24, 2.45) is 5.92 Å². The molecule has 30 heavy (non-hydrogen) atoms. The Labute approximate surface area is 181 Å². The van der Waals surface area contributed by atoms with Gasteiger partial charge in [-0.2, -0.15) is 0 Å². The molecule has 2 heterocycles. The molecule has 1 aliphatic heterocycles. The SMILES string of the molecule is CC1CN(Cc2ccccn2)CCC1NC(=O)C1(c2ccc(C(C)(C)C)cc2)CC1. The van der Waals surface area contributed by atoms with E-state index in [-0.39, 0.29) is 22.8 Å². The van der Waals surface area contributed by atoms with E-state index >= 15 is 0 Å². The number of hydrogen-bond donors (Lipinski definition) is 1. The molecule has 4 heteroatoms. The van der Waals surface area contributed by atoms with E-state index in [4.69, 9.17) is 0 Å². The Bertz CT molecular complexity index is 865. The summed E-state index contributed by atoms with van der Waals surface area (Å²) < 4.78 is 0. The lowest BCUT2D eigenvalue weighted by atomic mass is 9.84. The lowest BCUT2D eigenvalue weighted by Gasteiger charge is -2.37. The molecule has 160 valence electrons. The first kappa shape index (κ1) is 21.0. The van der Waals surface area contributed by atoms with E-state index in [1.54, 1.807) is 0 Å². The van der Waals surface area contributed by atoms with Crippen molar-refractivity contribution in [3.63, 3.8) is 0 Å². The minimum absolute atomic E-state index is 0.135. The highest BCUT2D eigenvalue weighted by atomic mass is 16.2. The van der Waals surface area contributed by atoms with Crippen LogP contribution in [0.1, 0.15) is 63.8 Å². The maximum Gasteiger partial charge on any atom is 0.230 e. The third kappa shape index (κ3) is 4.44. The second-order valence-electron chi connectivity index (χ2n) is 10.3. The monoisotopic (exact) mass is 405 g/mol. The molecule has 1 N–H and O–H groups in total. The fourth-order valence-corrected chi connectivity index (χ4v) is 4.68. The molecular formula is C26H35N3O. The van der Waals surface area contributed by atoms with Crippen molar-refractivity contribution in [1.29, 1.82) is 0 Å². The summed E-state index contributed by atoms with van der Waals surface area (Å²) in [5, 5.41) is 3.42. The van der Waals surface area contributed by atoms with Gasteiger partial charge in [-0.15, -0.1) is 0 Å². The van der Waals surface area contributed by atoms with Crippen LogP contribution in [-0.4, -0.2) is 34.9 Å². The van der Waals surface area contributed by atoms with Crippen LogP contribution in [0, 0.1) is 5.92 Å². The van der Waals surface area contributed by atoms with E-state index in [9.17, 15) is 4.79 Å². The molecule has 1 aromatic carbocycles. The molecule has 1 saturated carbocycles. The van der Waals surface area contributed by atoms with Crippen molar-refractivity contribution in [3.05, 3.63) is 65.5 Å². The van der Waals surface area contributed by atoms with Gasteiger partial charge in [-0.25, -0.2) is 0 Å². The van der Waals surface area contributed by atoms with Crippen molar-refractivity contribution in [2.75, 3.05) is 13.1 Å². The Morgan fingerprint density at radius 1 is 1.17 bits per heavy atom. The fourth-order valence-electron chi connectivity index (χ4n) is 4.68. The molecule has 1 amide bonds. The molecule has 4 nitrogen and oxygen atoms in total. The molecule has 1 saturated heterocycles. The molecule has 2 unspecified atom stereocenters. The number of piperidine rings is 1. The van der Waals surface area contributed by atoms with Crippen LogP contribution >= 0.6 is 0 Å². The number of nitrogens with one attached hydrogen (secondary N) is 1. The van der Waals surface area contributed by atoms with Gasteiger partial charge < -0.3 is 5.32 Å². The number of benzene rings is 1. The standard InChI is InChI=1S/C26H35N3O/c1-19-17-29(18-22-7-5-6-15-27-22)16-12-23(19)28-24(30)26(13-14-26)21-10-8-20(9-11-21)25(2,3)4/h5-11,15,19,23H,12-14,16-18H2,1-4H3,(H,28,30). The number of pyridine rings is 1. The molecular weight excluding hydrogens is 370 g/mol. The quantitative estimate of drug-likeness (QED) is 0.800. The van der Waals surface area contributed by atoms with Gasteiger partial charge in [0.25, 0.3) is 0 Å². The maximum absolute atomic E-state index is 13.3. The van der Waals surface area contributed by atoms with Gasteiger partial charge in [-0.3, -0.25) is 14.7 Å². The molecule has 1 aliphatic carbocycles. The lowest BCUT2D eigenvalue weighted by Crippen LogP contribution is -2.51. The number of amides is 1. The van der Waals surface area contributed by atoms with E-state index in [0.29, 0.717) is 5.92 Å². The minimum Gasteiger partial charge on any atom is -0.352 e. The smallest absolute Gasteiger partial charge is 0.230 e. The van der Waals surface area contributed by atoms with Crippen LogP contribution < -0.4 is 5.32 Å². The molecule has 2 atom stereocenters. The van der Waals surface area contributed by atoms with Gasteiger partial charge in [0, 0.05) is 31.9 Å². The average molecular weight is 406 g/mol. The zero-order chi connectivity index (χ0) is 21.4. The molecule has 1 aromatic heterocycles. The van der Waals surface area contributed by atoms with Gasteiger partial charge in [0.05, 0.1) is 11.1 Å². The summed E-state index contributed by atoms with van der Waals surface area (Å²) in [7, 11) is 0. The van der Waals surface area contributed by atoms with Gasteiger partial charge in [-0.1, -0.05) is 58.0 Å². The highest BCUT2D eigenvalue weighted by Crippen LogP contribution is 2.49. The minimum atomic E-state index is -0.304. The summed E-state index contributed by atoms with van der Waals surface area (Å²) in [6.45, 7) is 11.8. The first-order valence-electron chi connectivity index (χ1n) is 11.3. The second-order valence-corrected chi connectivity index (χ2v) is 10.3. The number of hydrogen-bond acceptors (Lipinski definition) is 3. The van der Waals surface area contributed by atoms with Gasteiger partial charge in [0.1, 0.15) is 0 Å². The topological polar surface area (TPSA) is 45.2 Å². The van der Waals surface area contributed by atoms with Gasteiger partial charge in [0.15, 0.2) is 0 Å². The van der Waals surface area contributed by atoms with Gasteiger partial charge >= 0.3 is 0 Å². The Hall–Kier alpha value is -2.20. The van der Waals surface area contributed by atoms with E-state index in [2.05, 4.69) is 73.2 Å². The molecule has 2 fully saturated rings. The largest absolute Gasteiger partial charge is 0.352 e. The molecule has 2 aliphatic rings. The molecule has 0 radical (unpaired) electrons. The fraction of sp³-hybridized carbons (Fsp3) is 0.538. The zero-order valence-corrected chi connectivity index (χ0v) is 18.8. The van der Waals surface area contributed by atoms with Crippen molar-refractivity contribution in [2.45, 2.75) is 70.4 Å². The number of aromatic nitrogens is 1. The third-order valence-corrected chi connectivity index (χ3v) is 6.91. The van der Waals surface area contributed by atoms with E-state index < -0.39 is 0 Å². The van der Waals surface area contributed by atoms with Crippen LogP contribution in [0.15, 0.2) is 48.7 Å². The zero-order valence-electron chi connectivity index (χ0n) is 18.8. The van der Waals surface area contributed by atoms with Crippen LogP contribution in [0.4, 0.5) is 0 Å². The van der Waals surface area contributed by atoms with Crippen molar-refractivity contribution >= 4 is 5.91 Å². The van der Waals surface area contributed by atoms with E-state index in [1.807, 2.05) is 18.3 Å². The van der Waals surface area contributed by atoms with Crippen molar-refractivity contribution < 1.29 is 4.79 Å². The molecule has 0 bridgehead atoms. The van der Waals surface area contributed by atoms with Crippen molar-refractivity contribution in [3.8, 4) is 0 Å². The van der Waals surface area contributed by atoms with Crippen LogP contribution in [0.5, 0.6) is 0 Å². The predicted octanol–water partition coefficient (Wildman–Crippen LogP) is 4.44. The Kier molecular flexibility index (Phi) is 5.71. The second kappa shape index (κ2) is 8.14. The van der Waals surface area contributed by atoms with Crippen LogP contribution in [0.2, 0.25) is 0 Å². The Morgan fingerprint density at radius 2 is 1.90 bits per heavy atom. The summed E-state index contributed by atoms with van der Waals surface area (Å²) >= 11 is 0. The average Bonchev–Trinajstić information content (AvgIpc) is 3.52. The first-order valence-corrected chi connectivity index (χ1v) is 11.3. The van der Waals surface area contributed by atoms with E-state index in [0.717, 1.165) is 44.6 Å². The van der Waals surface area contributed by atoms with E-state index in [1.165, 1.54) is 11.1 Å². The normalized spacial score (nSPS) is 23.7. The third-order valence-electron chi connectivity index (χ3n) is 6.91. The lowest BCUT2D eigenvalue weighted by molar-refractivity contribution is -0.125. The number of carbonyl (C=O) groups is 1. The van der Waals surface area contributed by atoms with Crippen LogP contribution in [-0.2, 0) is 22.2 Å². The number of likely N-dealkylation sites (tertiary alicyclic amines) is 1. The Morgan fingerprint density at radius 3 is 2.47 bits per heavy atom. The highest BCUT2D eigenvalue weighted by Gasteiger charge is 2.52. The van der Waals surface area contributed by atoms with Crippen LogP contribution in [0.3, 0.4) is 0 Å². The summed E-state index contributed by atoms with van der Waals surface area (Å²) in [6.07, 6.45) is 4.77. The van der Waals surface area contributed by atoms with Crippen molar-refractivity contribution in [1.82, 2.24) is 15.2 Å². The van der Waals surface area contributed by atoms with Crippen LogP contribution in [0.25, 0.3) is 0 Å². The highest BCUT2D eigenvalue weighted by molar-refractivity contribution is 5.91. The Balaban J connectivity index is 1.36. The molecule has 0 spiro atoms. The van der Waals surface area contributed by atoms with Gasteiger partial charge in [0.2, 0.25) is 5.91 Å². The molecule has 2 aromatic rings. The number of nitrogens with zero attached hydrogens (tertiary/aromatic N) is 2. The summed E-state index contributed by atoms with van der Waals surface area (Å²) in [5.41, 5.74) is 3.43.